The molecule has 1 aromatic carbocycles. The second kappa shape index (κ2) is 10.2. The summed E-state index contributed by atoms with van der Waals surface area (Å²) in [6.45, 7) is 6.13. The molecule has 0 aliphatic carbocycles. The summed E-state index contributed by atoms with van der Waals surface area (Å²) in [4.78, 5) is 14.7. The number of aliphatic imine (C=N–C) groups is 1. The number of halogens is 1. The van der Waals surface area contributed by atoms with E-state index in [0.717, 1.165) is 29.5 Å². The average molecular weight is 419 g/mol. The lowest BCUT2D eigenvalue weighted by molar-refractivity contribution is 0.378. The maximum Gasteiger partial charge on any atom is 0.228 e. The lowest BCUT2D eigenvalue weighted by Crippen LogP contribution is -2.38. The minimum absolute atomic E-state index is 0.557. The Hall–Kier alpha value is -2.45. The molecule has 2 N–H and O–H groups in total. The zero-order valence-electron chi connectivity index (χ0n) is 15.9. The first kappa shape index (κ1) is 20.3. The molecule has 2 heterocycles. The number of nitrogens with zero attached hydrogens (tertiary/aromatic N) is 4. The largest absolute Gasteiger partial charge is 0.357 e. The van der Waals surface area contributed by atoms with Crippen LogP contribution in [0.2, 0.25) is 5.02 Å². The lowest BCUT2D eigenvalue weighted by atomic mass is 10.2. The van der Waals surface area contributed by atoms with Gasteiger partial charge in [0.05, 0.1) is 6.54 Å². The van der Waals surface area contributed by atoms with E-state index in [1.54, 1.807) is 23.5 Å². The first-order chi connectivity index (χ1) is 13.7. The fourth-order valence-corrected chi connectivity index (χ4v) is 3.35. The molecule has 0 bridgehead atoms. The molecular formula is C19H23ClN6OS. The van der Waals surface area contributed by atoms with E-state index in [-0.39, 0.29) is 0 Å². The van der Waals surface area contributed by atoms with Gasteiger partial charge in [0.25, 0.3) is 0 Å². The van der Waals surface area contributed by atoms with Gasteiger partial charge in [0.15, 0.2) is 5.96 Å². The second-order valence-electron chi connectivity index (χ2n) is 5.96. The van der Waals surface area contributed by atoms with Gasteiger partial charge in [-0.3, -0.25) is 0 Å². The van der Waals surface area contributed by atoms with E-state index in [1.807, 2.05) is 25.3 Å². The summed E-state index contributed by atoms with van der Waals surface area (Å²) in [6, 6.07) is 7.35. The fourth-order valence-electron chi connectivity index (χ4n) is 2.43. The molecule has 0 aliphatic heterocycles. The van der Waals surface area contributed by atoms with Crippen molar-refractivity contribution in [3.8, 4) is 11.4 Å². The van der Waals surface area contributed by atoms with Gasteiger partial charge in [-0.2, -0.15) is 4.98 Å². The van der Waals surface area contributed by atoms with Gasteiger partial charge in [-0.15, -0.1) is 11.3 Å². The SMILES string of the molecule is CCNC(=NCc1ncc(CC)s1)NCCc1nc(-c2ccc(Cl)cc2)no1. The summed E-state index contributed by atoms with van der Waals surface area (Å²) in [7, 11) is 0. The smallest absolute Gasteiger partial charge is 0.228 e. The third kappa shape index (κ3) is 5.77. The Morgan fingerprint density at radius 1 is 1.21 bits per heavy atom. The van der Waals surface area contributed by atoms with Gasteiger partial charge in [-0.25, -0.2) is 9.98 Å². The number of thiazole rings is 1. The normalized spacial score (nSPS) is 11.6. The molecule has 2 aromatic heterocycles. The highest BCUT2D eigenvalue weighted by molar-refractivity contribution is 7.11. The molecule has 0 aliphatic rings. The van der Waals surface area contributed by atoms with E-state index in [9.17, 15) is 0 Å². The Labute approximate surface area is 173 Å². The standard InChI is InChI=1S/C19H23ClN6OS/c1-3-15-11-23-17(28-15)12-24-19(21-4-2)22-10-9-16-25-18(26-27-16)13-5-7-14(20)8-6-13/h5-8,11H,3-4,9-10,12H2,1-2H3,(H2,21,22,24). The van der Waals surface area contributed by atoms with Gasteiger partial charge in [-0.1, -0.05) is 23.7 Å². The monoisotopic (exact) mass is 418 g/mol. The van der Waals surface area contributed by atoms with E-state index >= 15 is 0 Å². The summed E-state index contributed by atoms with van der Waals surface area (Å²) >= 11 is 7.61. The second-order valence-corrected chi connectivity index (χ2v) is 7.60. The van der Waals surface area contributed by atoms with E-state index in [1.165, 1.54) is 4.88 Å². The third-order valence-corrected chi connectivity index (χ3v) is 5.25. The van der Waals surface area contributed by atoms with E-state index < -0.39 is 0 Å². The van der Waals surface area contributed by atoms with Gasteiger partial charge in [0, 0.05) is 41.2 Å². The number of nitrogens with one attached hydrogen (secondary N) is 2. The fraction of sp³-hybridized carbons (Fsp3) is 0.368. The number of hydrogen-bond donors (Lipinski definition) is 2. The molecule has 0 fully saturated rings. The summed E-state index contributed by atoms with van der Waals surface area (Å²) < 4.78 is 5.33. The van der Waals surface area contributed by atoms with Crippen molar-refractivity contribution in [2.75, 3.05) is 13.1 Å². The Morgan fingerprint density at radius 3 is 2.75 bits per heavy atom. The summed E-state index contributed by atoms with van der Waals surface area (Å²) in [5.41, 5.74) is 0.872. The van der Waals surface area contributed by atoms with Gasteiger partial charge in [0.1, 0.15) is 5.01 Å². The van der Waals surface area contributed by atoms with Crippen molar-refractivity contribution in [3.05, 3.63) is 51.3 Å². The van der Waals surface area contributed by atoms with Crippen molar-refractivity contribution >= 4 is 28.9 Å². The molecule has 7 nitrogen and oxygen atoms in total. The summed E-state index contributed by atoms with van der Waals surface area (Å²) in [5, 5.41) is 12.2. The predicted molar refractivity (Wildman–Crippen MR) is 113 cm³/mol. The molecule has 3 aromatic rings. The Morgan fingerprint density at radius 2 is 2.04 bits per heavy atom. The van der Waals surface area contributed by atoms with Crippen LogP contribution in [0.4, 0.5) is 0 Å². The van der Waals surface area contributed by atoms with Gasteiger partial charge >= 0.3 is 0 Å². The zero-order chi connectivity index (χ0) is 19.8. The van der Waals surface area contributed by atoms with Crippen molar-refractivity contribution in [3.63, 3.8) is 0 Å². The van der Waals surface area contributed by atoms with Crippen LogP contribution in [0.1, 0.15) is 29.6 Å². The van der Waals surface area contributed by atoms with Crippen molar-refractivity contribution in [2.45, 2.75) is 33.2 Å². The molecule has 0 radical (unpaired) electrons. The molecule has 28 heavy (non-hydrogen) atoms. The molecule has 0 saturated heterocycles. The van der Waals surface area contributed by atoms with Crippen LogP contribution in [0.15, 0.2) is 40.0 Å². The highest BCUT2D eigenvalue weighted by Gasteiger charge is 2.09. The van der Waals surface area contributed by atoms with Crippen LogP contribution in [0.3, 0.4) is 0 Å². The number of hydrogen-bond acceptors (Lipinski definition) is 6. The topological polar surface area (TPSA) is 88.2 Å². The van der Waals surface area contributed by atoms with Gasteiger partial charge in [-0.05, 0) is 37.6 Å². The number of guanidine groups is 1. The van der Waals surface area contributed by atoms with Crippen molar-refractivity contribution in [1.82, 2.24) is 25.8 Å². The molecule has 0 saturated carbocycles. The quantitative estimate of drug-likeness (QED) is 0.428. The number of aryl methyl sites for hydroxylation is 1. The highest BCUT2D eigenvalue weighted by atomic mass is 35.5. The van der Waals surface area contributed by atoms with E-state index in [2.05, 4.69) is 37.7 Å². The first-order valence-electron chi connectivity index (χ1n) is 9.22. The third-order valence-electron chi connectivity index (χ3n) is 3.87. The van der Waals surface area contributed by atoms with Crippen LogP contribution >= 0.6 is 22.9 Å². The molecule has 9 heteroatoms. The predicted octanol–water partition coefficient (Wildman–Crippen LogP) is 3.71. The number of benzene rings is 1. The Balaban J connectivity index is 1.52. The van der Waals surface area contributed by atoms with Crippen LogP contribution in [-0.4, -0.2) is 34.2 Å². The Bertz CT molecular complexity index is 905. The zero-order valence-corrected chi connectivity index (χ0v) is 17.5. The van der Waals surface area contributed by atoms with E-state index in [0.29, 0.717) is 36.2 Å². The molecule has 148 valence electrons. The van der Waals surface area contributed by atoms with Crippen LogP contribution in [0, 0.1) is 0 Å². The minimum Gasteiger partial charge on any atom is -0.357 e. The highest BCUT2D eigenvalue weighted by Crippen LogP contribution is 2.18. The van der Waals surface area contributed by atoms with Gasteiger partial charge in [0.2, 0.25) is 11.7 Å². The molecule has 0 spiro atoms. The van der Waals surface area contributed by atoms with Gasteiger partial charge < -0.3 is 15.2 Å². The van der Waals surface area contributed by atoms with Crippen LogP contribution in [0.25, 0.3) is 11.4 Å². The van der Waals surface area contributed by atoms with Crippen LogP contribution in [-0.2, 0) is 19.4 Å². The van der Waals surface area contributed by atoms with Crippen molar-refractivity contribution in [1.29, 1.82) is 0 Å². The summed E-state index contributed by atoms with van der Waals surface area (Å²) in [5.74, 6) is 1.87. The van der Waals surface area contributed by atoms with Crippen LogP contribution < -0.4 is 10.6 Å². The minimum atomic E-state index is 0.557. The molecular weight excluding hydrogens is 396 g/mol. The Kier molecular flexibility index (Phi) is 7.39. The average Bonchev–Trinajstić information content (AvgIpc) is 3.36. The number of aromatic nitrogens is 3. The maximum atomic E-state index is 5.91. The molecule has 0 unspecified atom stereocenters. The lowest BCUT2D eigenvalue weighted by Gasteiger charge is -2.09. The maximum absolute atomic E-state index is 5.91. The van der Waals surface area contributed by atoms with Crippen molar-refractivity contribution in [2.24, 2.45) is 4.99 Å². The van der Waals surface area contributed by atoms with E-state index in [4.69, 9.17) is 16.1 Å². The molecule has 3 rings (SSSR count). The first-order valence-corrected chi connectivity index (χ1v) is 10.4. The van der Waals surface area contributed by atoms with Crippen molar-refractivity contribution < 1.29 is 4.52 Å². The molecule has 0 amide bonds. The number of rotatable bonds is 8. The summed E-state index contributed by atoms with van der Waals surface area (Å²) in [6.07, 6.45) is 3.52. The molecule has 0 atom stereocenters. The van der Waals surface area contributed by atoms with Crippen LogP contribution in [0.5, 0.6) is 0 Å².